The van der Waals surface area contributed by atoms with Gasteiger partial charge in [-0.1, -0.05) is 12.1 Å². The predicted octanol–water partition coefficient (Wildman–Crippen LogP) is 1.39. The first-order valence-electron chi connectivity index (χ1n) is 9.36. The van der Waals surface area contributed by atoms with Crippen molar-refractivity contribution in [2.24, 2.45) is 12.0 Å². The molecule has 27 heavy (non-hydrogen) atoms. The first-order valence-corrected chi connectivity index (χ1v) is 9.36. The summed E-state index contributed by atoms with van der Waals surface area (Å²) in [4.78, 5) is 18.5. The zero-order chi connectivity index (χ0) is 19.2. The van der Waals surface area contributed by atoms with Crippen LogP contribution in [-0.2, 0) is 13.5 Å². The van der Waals surface area contributed by atoms with E-state index in [-0.39, 0.29) is 5.91 Å². The summed E-state index contributed by atoms with van der Waals surface area (Å²) in [7, 11) is 5.43. The molecule has 0 spiro atoms. The number of benzene rings is 1. The van der Waals surface area contributed by atoms with Gasteiger partial charge in [0.2, 0.25) is 0 Å². The molecule has 0 aliphatic carbocycles. The quantitative estimate of drug-likeness (QED) is 0.618. The van der Waals surface area contributed by atoms with Gasteiger partial charge in [-0.2, -0.15) is 5.10 Å². The number of nitrogens with zero attached hydrogens (tertiary/aromatic N) is 4. The maximum absolute atomic E-state index is 11.8. The Balaban J connectivity index is 1.52. The Morgan fingerprint density at radius 3 is 2.96 bits per heavy atom. The molecule has 2 aromatic rings. The maximum Gasteiger partial charge on any atom is 0.251 e. The Kier molecular flexibility index (Phi) is 6.11. The lowest BCUT2D eigenvalue weighted by atomic mass is 10.0. The van der Waals surface area contributed by atoms with Gasteiger partial charge in [-0.3, -0.25) is 14.5 Å². The van der Waals surface area contributed by atoms with Crippen LogP contribution in [0.4, 0.5) is 0 Å². The fraction of sp³-hybridized carbons (Fsp3) is 0.450. The van der Waals surface area contributed by atoms with E-state index in [0.29, 0.717) is 11.5 Å². The maximum atomic E-state index is 11.8. The number of hydrogen-bond acceptors (Lipinski definition) is 3. The molecule has 7 nitrogen and oxygen atoms in total. The summed E-state index contributed by atoms with van der Waals surface area (Å²) in [5.41, 5.74) is 3.12. The third kappa shape index (κ3) is 4.67. The largest absolute Gasteiger partial charge is 0.356 e. The van der Waals surface area contributed by atoms with Crippen LogP contribution in [-0.4, -0.2) is 60.3 Å². The number of likely N-dealkylation sites (tertiary alicyclic amines) is 1. The molecule has 1 aliphatic rings. The molecule has 1 aliphatic heterocycles. The van der Waals surface area contributed by atoms with Gasteiger partial charge >= 0.3 is 0 Å². The fourth-order valence-electron chi connectivity index (χ4n) is 3.54. The SMILES string of the molecule is CN=C(NCCc1cccc(C(=O)NC)c1)N1CCC(c2cnn(C)c2)C1. The minimum Gasteiger partial charge on any atom is -0.356 e. The van der Waals surface area contributed by atoms with Crippen molar-refractivity contribution in [3.05, 3.63) is 53.3 Å². The highest BCUT2D eigenvalue weighted by molar-refractivity contribution is 5.94. The Morgan fingerprint density at radius 1 is 1.41 bits per heavy atom. The molecule has 0 saturated carbocycles. The number of aliphatic imine (C=N–C) groups is 1. The van der Waals surface area contributed by atoms with E-state index in [0.717, 1.165) is 44.0 Å². The summed E-state index contributed by atoms with van der Waals surface area (Å²) in [6, 6.07) is 7.74. The van der Waals surface area contributed by atoms with E-state index in [1.165, 1.54) is 5.56 Å². The number of carbonyl (C=O) groups is 1. The minimum absolute atomic E-state index is 0.0564. The number of guanidine groups is 1. The standard InChI is InChI=1S/C20H28N6O/c1-21-19(27)16-6-4-5-15(11-16)7-9-23-20(22-2)26-10-8-17(14-26)18-12-24-25(3)13-18/h4-6,11-13,17H,7-10,14H2,1-3H3,(H,21,27)(H,22,23). The van der Waals surface area contributed by atoms with E-state index in [2.05, 4.69) is 31.8 Å². The number of amides is 1. The van der Waals surface area contributed by atoms with Crippen LogP contribution in [0.5, 0.6) is 0 Å². The van der Waals surface area contributed by atoms with Crippen molar-refractivity contribution in [1.82, 2.24) is 25.3 Å². The molecule has 3 rings (SSSR count). The Labute approximate surface area is 160 Å². The van der Waals surface area contributed by atoms with Crippen molar-refractivity contribution in [1.29, 1.82) is 0 Å². The molecule has 1 aromatic carbocycles. The van der Waals surface area contributed by atoms with Crippen LogP contribution in [0.25, 0.3) is 0 Å². The lowest BCUT2D eigenvalue weighted by Gasteiger charge is -2.21. The molecule has 144 valence electrons. The van der Waals surface area contributed by atoms with Crippen LogP contribution in [0.15, 0.2) is 41.7 Å². The fourth-order valence-corrected chi connectivity index (χ4v) is 3.54. The van der Waals surface area contributed by atoms with Crippen molar-refractivity contribution < 1.29 is 4.79 Å². The highest BCUT2D eigenvalue weighted by Gasteiger charge is 2.26. The van der Waals surface area contributed by atoms with Crippen molar-refractivity contribution in [3.8, 4) is 0 Å². The molecule has 1 fully saturated rings. The molecule has 2 N–H and O–H groups in total. The molecule has 1 unspecified atom stereocenters. The highest BCUT2D eigenvalue weighted by atomic mass is 16.1. The van der Waals surface area contributed by atoms with Gasteiger partial charge in [0, 0.05) is 58.5 Å². The van der Waals surface area contributed by atoms with Crippen LogP contribution in [0, 0.1) is 0 Å². The van der Waals surface area contributed by atoms with Crippen LogP contribution in [0.3, 0.4) is 0 Å². The molecule has 1 atom stereocenters. The summed E-state index contributed by atoms with van der Waals surface area (Å²) in [5.74, 6) is 1.38. The number of hydrogen-bond donors (Lipinski definition) is 2. The second kappa shape index (κ2) is 8.70. The van der Waals surface area contributed by atoms with Gasteiger partial charge in [0.15, 0.2) is 5.96 Å². The summed E-state index contributed by atoms with van der Waals surface area (Å²) in [5, 5.41) is 10.4. The summed E-state index contributed by atoms with van der Waals surface area (Å²) in [6.45, 7) is 2.72. The Bertz CT molecular complexity index is 812. The van der Waals surface area contributed by atoms with Gasteiger partial charge < -0.3 is 15.5 Å². The third-order valence-corrected chi connectivity index (χ3v) is 5.01. The second-order valence-corrected chi connectivity index (χ2v) is 6.88. The van der Waals surface area contributed by atoms with Crippen LogP contribution >= 0.6 is 0 Å². The molecule has 1 saturated heterocycles. The number of nitrogens with one attached hydrogen (secondary N) is 2. The number of aromatic nitrogens is 2. The average molecular weight is 368 g/mol. The zero-order valence-corrected chi connectivity index (χ0v) is 16.3. The highest BCUT2D eigenvalue weighted by Crippen LogP contribution is 2.26. The van der Waals surface area contributed by atoms with Gasteiger partial charge in [-0.25, -0.2) is 0 Å². The van der Waals surface area contributed by atoms with Crippen LogP contribution in [0.1, 0.15) is 33.8 Å². The molecular formula is C20H28N6O. The van der Waals surface area contributed by atoms with E-state index >= 15 is 0 Å². The van der Waals surface area contributed by atoms with E-state index in [1.54, 1.807) is 7.05 Å². The van der Waals surface area contributed by atoms with Gasteiger partial charge in [-0.15, -0.1) is 0 Å². The molecule has 0 radical (unpaired) electrons. The summed E-state index contributed by atoms with van der Waals surface area (Å²) >= 11 is 0. The van der Waals surface area contributed by atoms with Crippen molar-refractivity contribution in [2.75, 3.05) is 33.7 Å². The third-order valence-electron chi connectivity index (χ3n) is 5.01. The molecule has 0 bridgehead atoms. The first kappa shape index (κ1) is 18.9. The van der Waals surface area contributed by atoms with E-state index in [4.69, 9.17) is 0 Å². The summed E-state index contributed by atoms with van der Waals surface area (Å²) in [6.07, 6.45) is 6.01. The predicted molar refractivity (Wildman–Crippen MR) is 107 cm³/mol. The van der Waals surface area contributed by atoms with E-state index < -0.39 is 0 Å². The molecular weight excluding hydrogens is 340 g/mol. The van der Waals surface area contributed by atoms with Gasteiger partial charge in [-0.05, 0) is 36.1 Å². The average Bonchev–Trinajstić information content (AvgIpc) is 3.34. The van der Waals surface area contributed by atoms with Gasteiger partial charge in [0.1, 0.15) is 0 Å². The van der Waals surface area contributed by atoms with E-state index in [9.17, 15) is 4.79 Å². The topological polar surface area (TPSA) is 74.6 Å². The molecule has 2 heterocycles. The summed E-state index contributed by atoms with van der Waals surface area (Å²) < 4.78 is 1.86. The Morgan fingerprint density at radius 2 is 2.26 bits per heavy atom. The molecule has 7 heteroatoms. The minimum atomic E-state index is -0.0564. The first-order chi connectivity index (χ1) is 13.1. The number of aryl methyl sites for hydroxylation is 1. The van der Waals surface area contributed by atoms with Crippen molar-refractivity contribution in [3.63, 3.8) is 0 Å². The smallest absolute Gasteiger partial charge is 0.251 e. The van der Waals surface area contributed by atoms with E-state index in [1.807, 2.05) is 49.2 Å². The van der Waals surface area contributed by atoms with Gasteiger partial charge in [0.25, 0.3) is 5.91 Å². The van der Waals surface area contributed by atoms with Crippen molar-refractivity contribution >= 4 is 11.9 Å². The molecule has 1 aromatic heterocycles. The van der Waals surface area contributed by atoms with Crippen molar-refractivity contribution in [2.45, 2.75) is 18.8 Å². The zero-order valence-electron chi connectivity index (χ0n) is 16.3. The monoisotopic (exact) mass is 368 g/mol. The lowest BCUT2D eigenvalue weighted by molar-refractivity contribution is 0.0963. The second-order valence-electron chi connectivity index (χ2n) is 6.88. The lowest BCUT2D eigenvalue weighted by Crippen LogP contribution is -2.40. The van der Waals surface area contributed by atoms with Gasteiger partial charge in [0.05, 0.1) is 6.20 Å². The number of rotatable bonds is 5. The normalized spacial score (nSPS) is 17.2. The number of carbonyl (C=O) groups excluding carboxylic acids is 1. The van der Waals surface area contributed by atoms with Crippen LogP contribution < -0.4 is 10.6 Å². The molecule has 1 amide bonds. The Hall–Kier alpha value is -2.83. The van der Waals surface area contributed by atoms with Crippen LogP contribution in [0.2, 0.25) is 0 Å².